The van der Waals surface area contributed by atoms with Crippen molar-refractivity contribution < 1.29 is 20.3 Å². The molecule has 0 fully saturated rings. The summed E-state index contributed by atoms with van der Waals surface area (Å²) in [6.07, 6.45) is 0. The molecule has 0 aliphatic rings. The SMILES string of the molecule is NOB(O)O.O. The fraction of sp³-hybridized carbons (Fsp3) is 0. The minimum atomic E-state index is -1.84. The second kappa shape index (κ2) is 4.86. The van der Waals surface area contributed by atoms with Gasteiger partial charge in [-0.2, -0.15) is 0 Å². The zero-order chi connectivity index (χ0) is 4.28. The smallest absolute Gasteiger partial charge is 0.412 e. The molecule has 6 heavy (non-hydrogen) atoms. The van der Waals surface area contributed by atoms with Gasteiger partial charge in [0.1, 0.15) is 0 Å². The van der Waals surface area contributed by atoms with Crippen molar-refractivity contribution >= 4 is 7.32 Å². The fourth-order valence-electron chi connectivity index (χ4n) is 0. The Labute approximate surface area is 34.8 Å². The van der Waals surface area contributed by atoms with Gasteiger partial charge in [0.05, 0.1) is 0 Å². The minimum Gasteiger partial charge on any atom is -0.412 e. The first-order valence-corrected chi connectivity index (χ1v) is 0.988. The van der Waals surface area contributed by atoms with Crippen LogP contribution >= 0.6 is 0 Å². The number of rotatable bonds is 1. The maximum Gasteiger partial charge on any atom is 0.651 e. The molecule has 0 rings (SSSR count). The first-order chi connectivity index (χ1) is 2.27. The zero-order valence-electron chi connectivity index (χ0n) is 2.96. The second-order valence-corrected chi connectivity index (χ2v) is 0.462. The first-order valence-electron chi connectivity index (χ1n) is 0.988. The van der Waals surface area contributed by atoms with Gasteiger partial charge in [-0.1, -0.05) is 0 Å². The van der Waals surface area contributed by atoms with Gasteiger partial charge in [-0.15, -0.1) is 0 Å². The molecular formula is H6BNO4. The molecule has 38 valence electrons. The number of hydrogen-bond acceptors (Lipinski definition) is 4. The lowest BCUT2D eigenvalue weighted by atomic mass is 10.3. The van der Waals surface area contributed by atoms with Crippen LogP contribution in [0.1, 0.15) is 0 Å². The Bertz CT molecular complexity index is 21.5. The Balaban J connectivity index is 0. The van der Waals surface area contributed by atoms with E-state index in [0.29, 0.717) is 0 Å². The van der Waals surface area contributed by atoms with Crippen molar-refractivity contribution in [1.82, 2.24) is 0 Å². The van der Waals surface area contributed by atoms with Crippen LogP contribution in [0, 0.1) is 0 Å². The summed E-state index contributed by atoms with van der Waals surface area (Å²) in [6.45, 7) is 0. The van der Waals surface area contributed by atoms with Crippen molar-refractivity contribution in [2.24, 2.45) is 5.90 Å². The summed E-state index contributed by atoms with van der Waals surface area (Å²) in [5.74, 6) is 4.17. The molecule has 0 atom stereocenters. The number of hydrogen-bond donors (Lipinski definition) is 3. The summed E-state index contributed by atoms with van der Waals surface area (Å²) < 4.78 is 3.36. The van der Waals surface area contributed by atoms with Crippen molar-refractivity contribution in [3.05, 3.63) is 0 Å². The highest BCUT2D eigenvalue weighted by Gasteiger charge is 2.01. The van der Waals surface area contributed by atoms with Gasteiger partial charge < -0.3 is 20.3 Å². The summed E-state index contributed by atoms with van der Waals surface area (Å²) >= 11 is 0. The molecule has 0 amide bonds. The van der Waals surface area contributed by atoms with Crippen LogP contribution < -0.4 is 5.90 Å². The van der Waals surface area contributed by atoms with E-state index in [9.17, 15) is 0 Å². The van der Waals surface area contributed by atoms with Crippen molar-refractivity contribution in [3.63, 3.8) is 0 Å². The zero-order valence-corrected chi connectivity index (χ0v) is 2.96. The van der Waals surface area contributed by atoms with E-state index in [2.05, 4.69) is 10.7 Å². The summed E-state index contributed by atoms with van der Waals surface area (Å²) in [5, 5.41) is 15.1. The molecule has 0 heterocycles. The van der Waals surface area contributed by atoms with Crippen LogP contribution in [0.3, 0.4) is 0 Å². The Morgan fingerprint density at radius 1 is 1.50 bits per heavy atom. The molecular weight excluding hydrogens is 88.8 g/mol. The van der Waals surface area contributed by atoms with Crippen molar-refractivity contribution in [3.8, 4) is 0 Å². The molecule has 0 aliphatic carbocycles. The monoisotopic (exact) mass is 95.0 g/mol. The molecule has 0 unspecified atom stereocenters. The molecule has 0 saturated carbocycles. The van der Waals surface area contributed by atoms with Crippen LogP contribution in [0.4, 0.5) is 0 Å². The Morgan fingerprint density at radius 2 is 1.67 bits per heavy atom. The maximum absolute atomic E-state index is 7.57. The third-order valence-corrected chi connectivity index (χ3v) is 0.122. The second-order valence-electron chi connectivity index (χ2n) is 0.462. The van der Waals surface area contributed by atoms with E-state index in [1.807, 2.05) is 0 Å². The van der Waals surface area contributed by atoms with E-state index in [4.69, 9.17) is 10.0 Å². The third kappa shape index (κ3) is 9.12. The van der Waals surface area contributed by atoms with Gasteiger partial charge in [-0.3, -0.25) is 0 Å². The molecule has 0 aromatic rings. The lowest BCUT2D eigenvalue weighted by molar-refractivity contribution is 0.190. The van der Waals surface area contributed by atoms with Crippen LogP contribution in [-0.4, -0.2) is 22.8 Å². The maximum atomic E-state index is 7.57. The molecule has 6 N–H and O–H groups in total. The lowest BCUT2D eigenvalue weighted by Crippen LogP contribution is -2.20. The number of nitrogens with two attached hydrogens (primary N) is 1. The van der Waals surface area contributed by atoms with Crippen molar-refractivity contribution in [2.75, 3.05) is 0 Å². The van der Waals surface area contributed by atoms with E-state index < -0.39 is 7.32 Å². The van der Waals surface area contributed by atoms with Crippen LogP contribution in [0.25, 0.3) is 0 Å². The molecule has 5 nitrogen and oxygen atoms in total. The molecule has 0 aliphatic heterocycles. The van der Waals surface area contributed by atoms with Gasteiger partial charge in [-0.05, 0) is 0 Å². The van der Waals surface area contributed by atoms with Gasteiger partial charge in [0.2, 0.25) is 0 Å². The molecule has 0 aromatic carbocycles. The van der Waals surface area contributed by atoms with E-state index >= 15 is 0 Å². The van der Waals surface area contributed by atoms with E-state index in [1.54, 1.807) is 0 Å². The Morgan fingerprint density at radius 3 is 1.67 bits per heavy atom. The average molecular weight is 94.9 g/mol. The molecule has 6 heteroatoms. The summed E-state index contributed by atoms with van der Waals surface area (Å²) in [7, 11) is -1.84. The lowest BCUT2D eigenvalue weighted by Gasteiger charge is -1.84. The third-order valence-electron chi connectivity index (χ3n) is 0.122. The summed E-state index contributed by atoms with van der Waals surface area (Å²) in [4.78, 5) is 0. The van der Waals surface area contributed by atoms with Crippen molar-refractivity contribution in [1.29, 1.82) is 0 Å². The standard InChI is InChI=1S/BH4NO3.H2O/c2-5-1(3)4;/h3-4H,2H2;1H2. The normalized spacial score (nSPS) is 6.50. The van der Waals surface area contributed by atoms with Crippen LogP contribution in [0.15, 0.2) is 0 Å². The minimum absolute atomic E-state index is 0. The molecule has 0 radical (unpaired) electrons. The summed E-state index contributed by atoms with van der Waals surface area (Å²) in [6, 6.07) is 0. The van der Waals surface area contributed by atoms with Gasteiger partial charge in [0, 0.05) is 0 Å². The Kier molecular flexibility index (Phi) is 7.53. The molecule has 0 spiro atoms. The predicted octanol–water partition coefficient (Wildman–Crippen LogP) is -2.98. The van der Waals surface area contributed by atoms with Gasteiger partial charge in [-0.25, -0.2) is 5.90 Å². The predicted molar refractivity (Wildman–Crippen MR) is 19.1 cm³/mol. The quantitative estimate of drug-likeness (QED) is 0.238. The van der Waals surface area contributed by atoms with Crippen LogP contribution in [0.5, 0.6) is 0 Å². The van der Waals surface area contributed by atoms with Crippen LogP contribution in [0.2, 0.25) is 0 Å². The fourth-order valence-corrected chi connectivity index (χ4v) is 0. The average Bonchev–Trinajstić information content (AvgIpc) is 1.38. The molecule has 0 aromatic heterocycles. The molecule has 0 saturated heterocycles. The van der Waals surface area contributed by atoms with E-state index in [-0.39, 0.29) is 5.48 Å². The van der Waals surface area contributed by atoms with Crippen molar-refractivity contribution in [2.45, 2.75) is 0 Å². The van der Waals surface area contributed by atoms with Gasteiger partial charge in [0.25, 0.3) is 0 Å². The molecule has 0 bridgehead atoms. The van der Waals surface area contributed by atoms with E-state index in [1.165, 1.54) is 0 Å². The topological polar surface area (TPSA) is 107 Å². The first kappa shape index (κ1) is 9.29. The highest BCUT2D eigenvalue weighted by atomic mass is 16.7. The highest BCUT2D eigenvalue weighted by molar-refractivity contribution is 6.32. The van der Waals surface area contributed by atoms with Crippen LogP contribution in [-0.2, 0) is 4.76 Å². The van der Waals surface area contributed by atoms with E-state index in [0.717, 1.165) is 0 Å². The van der Waals surface area contributed by atoms with Gasteiger partial charge >= 0.3 is 7.32 Å². The Hall–Kier alpha value is -0.135. The highest BCUT2D eigenvalue weighted by Crippen LogP contribution is 1.54. The largest absolute Gasteiger partial charge is 0.651 e. The summed E-state index contributed by atoms with van der Waals surface area (Å²) in [5.41, 5.74) is 0. The van der Waals surface area contributed by atoms with Gasteiger partial charge in [0.15, 0.2) is 0 Å².